The normalized spacial score (nSPS) is 28.7. The van der Waals surface area contributed by atoms with Gasteiger partial charge >= 0.3 is 6.18 Å². The van der Waals surface area contributed by atoms with Crippen LogP contribution in [0.2, 0.25) is 0 Å². The molecule has 2 aromatic rings. The van der Waals surface area contributed by atoms with Gasteiger partial charge in [0.15, 0.2) is 11.4 Å². The molecule has 0 radical (unpaired) electrons. The first kappa shape index (κ1) is 17.1. The van der Waals surface area contributed by atoms with Gasteiger partial charge in [0.1, 0.15) is 11.3 Å². The number of alkyl halides is 3. The van der Waals surface area contributed by atoms with E-state index in [1.807, 2.05) is 0 Å². The molecule has 4 heterocycles. The third-order valence-corrected chi connectivity index (χ3v) is 6.31. The van der Waals surface area contributed by atoms with E-state index >= 15 is 0 Å². The summed E-state index contributed by atoms with van der Waals surface area (Å²) in [6.45, 7) is 3.81. The maximum Gasteiger partial charge on any atom is 0.392 e. The molecule has 3 aliphatic rings. The summed E-state index contributed by atoms with van der Waals surface area (Å²) in [7, 11) is 2.13. The molecule has 27 heavy (non-hydrogen) atoms. The molecule has 2 fully saturated rings. The number of nitrogens with two attached hydrogens (primary N) is 1. The Hall–Kier alpha value is -2.03. The van der Waals surface area contributed by atoms with Crippen LogP contribution in [0.1, 0.15) is 17.7 Å². The van der Waals surface area contributed by atoms with E-state index in [9.17, 15) is 13.2 Å². The summed E-state index contributed by atoms with van der Waals surface area (Å²) >= 11 is 0. The fourth-order valence-corrected chi connectivity index (χ4v) is 5.03. The van der Waals surface area contributed by atoms with Gasteiger partial charge in [-0.2, -0.15) is 18.2 Å². The maximum absolute atomic E-state index is 13.2. The van der Waals surface area contributed by atoms with Crippen LogP contribution in [-0.2, 0) is 12.8 Å². The van der Waals surface area contributed by atoms with Crippen molar-refractivity contribution in [3.63, 3.8) is 0 Å². The Labute approximate surface area is 154 Å². The Morgan fingerprint density at radius 1 is 1.11 bits per heavy atom. The smallest absolute Gasteiger partial charge is 0.392 e. The largest absolute Gasteiger partial charge is 0.455 e. The number of nitrogen functional groups attached to an aromatic ring is 1. The molecule has 0 saturated carbocycles. The van der Waals surface area contributed by atoms with E-state index in [1.54, 1.807) is 0 Å². The zero-order chi connectivity index (χ0) is 18.9. The monoisotopic (exact) mass is 381 g/mol. The molecule has 146 valence electrons. The Morgan fingerprint density at radius 3 is 2.48 bits per heavy atom. The van der Waals surface area contributed by atoms with Gasteiger partial charge in [-0.05, 0) is 31.7 Å². The van der Waals surface area contributed by atoms with Gasteiger partial charge < -0.3 is 20.0 Å². The van der Waals surface area contributed by atoms with Crippen molar-refractivity contribution in [2.45, 2.75) is 25.4 Å². The highest BCUT2D eigenvalue weighted by Gasteiger charge is 2.44. The second-order valence-corrected chi connectivity index (χ2v) is 8.21. The van der Waals surface area contributed by atoms with Crippen molar-refractivity contribution in [1.29, 1.82) is 0 Å². The fraction of sp³-hybridized carbons (Fsp3) is 0.667. The van der Waals surface area contributed by atoms with Crippen molar-refractivity contribution >= 4 is 22.9 Å². The summed E-state index contributed by atoms with van der Waals surface area (Å²) in [6.07, 6.45) is -3.99. The van der Waals surface area contributed by atoms with Crippen LogP contribution in [0.15, 0.2) is 4.42 Å². The molecule has 0 aromatic carbocycles. The summed E-state index contributed by atoms with van der Waals surface area (Å²) in [5.41, 5.74) is 7.42. The second kappa shape index (κ2) is 5.73. The molecule has 0 spiro atoms. The van der Waals surface area contributed by atoms with Gasteiger partial charge in [0.05, 0.1) is 5.92 Å². The number of anilines is 2. The molecule has 3 atom stereocenters. The quantitative estimate of drug-likeness (QED) is 0.818. The molecule has 0 amide bonds. The summed E-state index contributed by atoms with van der Waals surface area (Å²) in [5, 5.41) is 0. The first-order chi connectivity index (χ1) is 12.8. The number of hydrogen-bond acceptors (Lipinski definition) is 6. The highest BCUT2D eigenvalue weighted by atomic mass is 19.4. The second-order valence-electron chi connectivity index (χ2n) is 8.21. The number of hydrogen-bond donors (Lipinski definition) is 1. The summed E-state index contributed by atoms with van der Waals surface area (Å²) in [6, 6.07) is 0. The van der Waals surface area contributed by atoms with Gasteiger partial charge in [0.25, 0.3) is 0 Å². The molecule has 3 unspecified atom stereocenters. The summed E-state index contributed by atoms with van der Waals surface area (Å²) < 4.78 is 45.6. The molecule has 2 N–H and O–H groups in total. The van der Waals surface area contributed by atoms with E-state index < -0.39 is 12.1 Å². The number of rotatable bonds is 1. The zero-order valence-corrected chi connectivity index (χ0v) is 15.1. The van der Waals surface area contributed by atoms with Crippen LogP contribution in [0.5, 0.6) is 0 Å². The molecule has 2 aliphatic heterocycles. The minimum Gasteiger partial charge on any atom is -0.455 e. The SMILES string of the molecule is CN1CC2CN(c3nc(N)nc4c5c(oc34)CCC(C(F)(F)F)C5)CC2C1. The van der Waals surface area contributed by atoms with Gasteiger partial charge in [-0.3, -0.25) is 0 Å². The number of halogens is 3. The average molecular weight is 381 g/mol. The molecule has 0 bridgehead atoms. The number of aromatic nitrogens is 2. The van der Waals surface area contributed by atoms with Crippen molar-refractivity contribution in [3.05, 3.63) is 11.3 Å². The highest BCUT2D eigenvalue weighted by Crippen LogP contribution is 2.43. The molecule has 2 aromatic heterocycles. The Bertz CT molecular complexity index is 881. The van der Waals surface area contributed by atoms with Crippen molar-refractivity contribution in [3.8, 4) is 0 Å². The standard InChI is InChI=1S/C18H22F3N5O/c1-25-5-9-7-26(8-10(9)6-25)16-15-14(23-17(22)24-16)12-4-11(18(19,20)21)2-3-13(12)27-15/h9-11H,2-8H2,1H3,(H2,22,23,24). The first-order valence-electron chi connectivity index (χ1n) is 9.37. The molecular formula is C18H22F3N5O. The van der Waals surface area contributed by atoms with E-state index in [0.717, 1.165) is 26.2 Å². The summed E-state index contributed by atoms with van der Waals surface area (Å²) in [5.74, 6) is 1.11. The predicted molar refractivity (Wildman–Crippen MR) is 94.5 cm³/mol. The Balaban J connectivity index is 1.53. The number of likely N-dealkylation sites (tertiary alicyclic amines) is 1. The Kier molecular flexibility index (Phi) is 3.63. The Morgan fingerprint density at radius 2 is 1.81 bits per heavy atom. The minimum atomic E-state index is -4.21. The third kappa shape index (κ3) is 2.74. The molecular weight excluding hydrogens is 359 g/mol. The van der Waals surface area contributed by atoms with Gasteiger partial charge in [0.2, 0.25) is 5.95 Å². The first-order valence-corrected chi connectivity index (χ1v) is 9.37. The van der Waals surface area contributed by atoms with Gasteiger partial charge in [-0.25, -0.2) is 4.98 Å². The van der Waals surface area contributed by atoms with E-state index in [1.165, 1.54) is 0 Å². The van der Waals surface area contributed by atoms with E-state index in [-0.39, 0.29) is 25.2 Å². The predicted octanol–water partition coefficient (Wildman–Crippen LogP) is 2.47. The molecule has 6 nitrogen and oxygen atoms in total. The number of nitrogens with zero attached hydrogens (tertiary/aromatic N) is 4. The minimum absolute atomic E-state index is 0.0504. The molecule has 2 saturated heterocycles. The number of fused-ring (bicyclic) bond motifs is 4. The van der Waals surface area contributed by atoms with Crippen molar-refractivity contribution in [1.82, 2.24) is 14.9 Å². The third-order valence-electron chi connectivity index (χ3n) is 6.31. The lowest BCUT2D eigenvalue weighted by molar-refractivity contribution is -0.177. The topological polar surface area (TPSA) is 71.4 Å². The van der Waals surface area contributed by atoms with E-state index in [2.05, 4.69) is 26.8 Å². The van der Waals surface area contributed by atoms with Crippen molar-refractivity contribution in [2.75, 3.05) is 43.9 Å². The maximum atomic E-state index is 13.2. The van der Waals surface area contributed by atoms with Crippen LogP contribution in [0.25, 0.3) is 11.1 Å². The highest BCUT2D eigenvalue weighted by molar-refractivity contribution is 5.89. The van der Waals surface area contributed by atoms with Crippen LogP contribution in [0.3, 0.4) is 0 Å². The van der Waals surface area contributed by atoms with Gasteiger partial charge in [-0.15, -0.1) is 0 Å². The number of furan rings is 1. The average Bonchev–Trinajstić information content (AvgIpc) is 3.23. The van der Waals surface area contributed by atoms with Gasteiger partial charge in [-0.1, -0.05) is 0 Å². The van der Waals surface area contributed by atoms with Crippen molar-refractivity contribution in [2.24, 2.45) is 17.8 Å². The van der Waals surface area contributed by atoms with Crippen molar-refractivity contribution < 1.29 is 17.6 Å². The summed E-state index contributed by atoms with van der Waals surface area (Å²) in [4.78, 5) is 13.2. The van der Waals surface area contributed by atoms with E-state index in [4.69, 9.17) is 10.2 Å². The number of aryl methyl sites for hydroxylation is 1. The van der Waals surface area contributed by atoms with Crippen LogP contribution < -0.4 is 10.6 Å². The van der Waals surface area contributed by atoms with Crippen LogP contribution in [0, 0.1) is 17.8 Å². The lowest BCUT2D eigenvalue weighted by Crippen LogP contribution is -2.28. The molecule has 5 rings (SSSR count). The molecule has 9 heteroatoms. The lowest BCUT2D eigenvalue weighted by Gasteiger charge is -2.23. The van der Waals surface area contributed by atoms with Crippen LogP contribution >= 0.6 is 0 Å². The molecule has 1 aliphatic carbocycles. The van der Waals surface area contributed by atoms with Crippen LogP contribution in [-0.4, -0.2) is 54.3 Å². The van der Waals surface area contributed by atoms with Crippen LogP contribution in [0.4, 0.5) is 24.9 Å². The van der Waals surface area contributed by atoms with E-state index in [0.29, 0.717) is 40.1 Å². The zero-order valence-electron chi connectivity index (χ0n) is 15.1. The lowest BCUT2D eigenvalue weighted by atomic mass is 9.87. The van der Waals surface area contributed by atoms with Gasteiger partial charge in [0, 0.05) is 38.2 Å². The fourth-order valence-electron chi connectivity index (χ4n) is 5.03.